The number of hydrogen-bond acceptors (Lipinski definition) is 5. The van der Waals surface area contributed by atoms with Crippen LogP contribution in [0.15, 0.2) is 17.5 Å². The van der Waals surface area contributed by atoms with E-state index in [1.807, 2.05) is 11.4 Å². The van der Waals surface area contributed by atoms with E-state index in [0.29, 0.717) is 23.4 Å². The maximum absolute atomic E-state index is 12.0. The Morgan fingerprint density at radius 3 is 2.67 bits per heavy atom. The number of carbonyl (C=O) groups is 2. The van der Waals surface area contributed by atoms with E-state index in [4.69, 9.17) is 4.74 Å². The van der Waals surface area contributed by atoms with E-state index in [2.05, 4.69) is 29.4 Å². The highest BCUT2D eigenvalue weighted by Crippen LogP contribution is 2.13. The topological polar surface area (TPSA) is 70.7 Å². The van der Waals surface area contributed by atoms with Crippen LogP contribution in [0.4, 0.5) is 0 Å². The van der Waals surface area contributed by atoms with Crippen LogP contribution in [0.1, 0.15) is 29.9 Å². The third-order valence-corrected chi connectivity index (χ3v) is 4.86. The van der Waals surface area contributed by atoms with Crippen molar-refractivity contribution in [3.63, 3.8) is 0 Å². The van der Waals surface area contributed by atoms with Crippen LogP contribution in [-0.4, -0.2) is 62.1 Å². The van der Waals surface area contributed by atoms with E-state index in [-0.39, 0.29) is 18.4 Å². The summed E-state index contributed by atoms with van der Waals surface area (Å²) in [7, 11) is 0. The van der Waals surface area contributed by atoms with Gasteiger partial charge >= 0.3 is 0 Å². The molecule has 0 aromatic carbocycles. The second-order valence-electron chi connectivity index (χ2n) is 6.40. The predicted octanol–water partition coefficient (Wildman–Crippen LogP) is 1.34. The third kappa shape index (κ3) is 6.22. The molecule has 1 saturated heterocycles. The fraction of sp³-hybridized carbons (Fsp3) is 0.647. The van der Waals surface area contributed by atoms with Crippen LogP contribution in [0.5, 0.6) is 0 Å². The monoisotopic (exact) mass is 353 g/mol. The number of nitrogens with one attached hydrogen (secondary N) is 2. The van der Waals surface area contributed by atoms with Crippen LogP contribution in [0.2, 0.25) is 0 Å². The molecule has 6 nitrogen and oxygen atoms in total. The molecule has 1 fully saturated rings. The van der Waals surface area contributed by atoms with Gasteiger partial charge in [-0.2, -0.15) is 0 Å². The molecule has 1 unspecified atom stereocenters. The van der Waals surface area contributed by atoms with Crippen molar-refractivity contribution in [2.24, 2.45) is 5.92 Å². The number of carbonyl (C=O) groups excluding carboxylic acids is 2. The van der Waals surface area contributed by atoms with Gasteiger partial charge in [-0.1, -0.05) is 19.9 Å². The molecule has 1 aliphatic heterocycles. The number of morpholine rings is 1. The van der Waals surface area contributed by atoms with E-state index in [9.17, 15) is 9.59 Å². The summed E-state index contributed by atoms with van der Waals surface area (Å²) in [6, 6.07) is 3.87. The minimum atomic E-state index is -0.202. The molecule has 24 heavy (non-hydrogen) atoms. The number of amides is 2. The van der Waals surface area contributed by atoms with E-state index in [1.165, 1.54) is 11.3 Å². The zero-order valence-corrected chi connectivity index (χ0v) is 15.2. The van der Waals surface area contributed by atoms with E-state index >= 15 is 0 Å². The van der Waals surface area contributed by atoms with Gasteiger partial charge in [-0.05, 0) is 23.8 Å². The molecule has 0 bridgehead atoms. The second-order valence-corrected chi connectivity index (χ2v) is 7.34. The maximum Gasteiger partial charge on any atom is 0.261 e. The third-order valence-electron chi connectivity index (χ3n) is 3.99. The Hall–Kier alpha value is -1.44. The van der Waals surface area contributed by atoms with Gasteiger partial charge in [0.25, 0.3) is 5.91 Å². The number of ether oxygens (including phenoxy) is 1. The van der Waals surface area contributed by atoms with Gasteiger partial charge in [-0.25, -0.2) is 0 Å². The van der Waals surface area contributed by atoms with Crippen molar-refractivity contribution in [2.75, 3.05) is 39.4 Å². The Kier molecular flexibility index (Phi) is 7.68. The summed E-state index contributed by atoms with van der Waals surface area (Å²) in [5.74, 6) is 0.210. The lowest BCUT2D eigenvalue weighted by Crippen LogP contribution is -2.50. The zero-order chi connectivity index (χ0) is 17.4. The van der Waals surface area contributed by atoms with Crippen molar-refractivity contribution < 1.29 is 14.3 Å². The van der Waals surface area contributed by atoms with Gasteiger partial charge in [0.05, 0.1) is 24.6 Å². The van der Waals surface area contributed by atoms with Crippen LogP contribution >= 0.6 is 11.3 Å². The largest absolute Gasteiger partial charge is 0.379 e. The molecule has 1 aromatic heterocycles. The smallest absolute Gasteiger partial charge is 0.261 e. The average Bonchev–Trinajstić information content (AvgIpc) is 3.11. The molecule has 2 amide bonds. The standard InChI is InChI=1S/C17H27N3O3S/c1-13(2)10-14(20-5-7-23-8-6-20)11-18-16(21)12-19-17(22)15-4-3-9-24-15/h3-4,9,13-14H,5-8,10-12H2,1-2H3,(H,18,21)(H,19,22). The first-order chi connectivity index (χ1) is 11.6. The average molecular weight is 353 g/mol. The summed E-state index contributed by atoms with van der Waals surface area (Å²) < 4.78 is 5.41. The molecule has 2 heterocycles. The van der Waals surface area contributed by atoms with Crippen molar-refractivity contribution in [3.8, 4) is 0 Å². The molecule has 0 spiro atoms. The summed E-state index contributed by atoms with van der Waals surface area (Å²) in [6.07, 6.45) is 1.03. The summed E-state index contributed by atoms with van der Waals surface area (Å²) in [4.78, 5) is 26.9. The van der Waals surface area contributed by atoms with Gasteiger partial charge in [0.15, 0.2) is 0 Å². The highest BCUT2D eigenvalue weighted by atomic mass is 32.1. The van der Waals surface area contributed by atoms with Crippen molar-refractivity contribution in [2.45, 2.75) is 26.3 Å². The lowest BCUT2D eigenvalue weighted by molar-refractivity contribution is -0.120. The van der Waals surface area contributed by atoms with Gasteiger partial charge in [0, 0.05) is 25.7 Å². The summed E-state index contributed by atoms with van der Waals surface area (Å²) >= 11 is 1.36. The normalized spacial score (nSPS) is 16.8. The van der Waals surface area contributed by atoms with Crippen molar-refractivity contribution in [3.05, 3.63) is 22.4 Å². The Labute approximate surface area is 147 Å². The molecule has 1 aliphatic rings. The first-order valence-corrected chi connectivity index (χ1v) is 9.34. The first kappa shape index (κ1) is 18.9. The molecule has 0 saturated carbocycles. The lowest BCUT2D eigenvalue weighted by Gasteiger charge is -2.35. The minimum Gasteiger partial charge on any atom is -0.379 e. The summed E-state index contributed by atoms with van der Waals surface area (Å²) in [5.41, 5.74) is 0. The predicted molar refractivity (Wildman–Crippen MR) is 95.3 cm³/mol. The molecule has 134 valence electrons. The quantitative estimate of drug-likeness (QED) is 0.740. The Morgan fingerprint density at radius 2 is 2.04 bits per heavy atom. The van der Waals surface area contributed by atoms with Crippen LogP contribution in [-0.2, 0) is 9.53 Å². The number of hydrogen-bond donors (Lipinski definition) is 2. The number of rotatable bonds is 8. The first-order valence-electron chi connectivity index (χ1n) is 8.46. The maximum atomic E-state index is 12.0. The molecular formula is C17H27N3O3S. The van der Waals surface area contributed by atoms with Crippen LogP contribution in [0.3, 0.4) is 0 Å². The minimum absolute atomic E-state index is 0.00818. The van der Waals surface area contributed by atoms with Gasteiger partial charge in [0.1, 0.15) is 0 Å². The molecule has 1 atom stereocenters. The Bertz CT molecular complexity index is 513. The lowest BCUT2D eigenvalue weighted by atomic mass is 10.0. The summed E-state index contributed by atoms with van der Waals surface area (Å²) in [6.45, 7) is 8.30. The highest BCUT2D eigenvalue weighted by molar-refractivity contribution is 7.12. The summed E-state index contributed by atoms with van der Waals surface area (Å²) in [5, 5.41) is 7.45. The number of thiophene rings is 1. The van der Waals surface area contributed by atoms with Crippen LogP contribution in [0.25, 0.3) is 0 Å². The van der Waals surface area contributed by atoms with Crippen LogP contribution in [0, 0.1) is 5.92 Å². The van der Waals surface area contributed by atoms with E-state index < -0.39 is 0 Å². The Morgan fingerprint density at radius 1 is 1.29 bits per heavy atom. The van der Waals surface area contributed by atoms with Gasteiger partial charge in [-0.3, -0.25) is 14.5 Å². The van der Waals surface area contributed by atoms with Gasteiger partial charge in [0.2, 0.25) is 5.91 Å². The van der Waals surface area contributed by atoms with E-state index in [0.717, 1.165) is 32.7 Å². The molecule has 2 N–H and O–H groups in total. The SMILES string of the molecule is CC(C)CC(CNC(=O)CNC(=O)c1cccs1)N1CCOCC1. The van der Waals surface area contributed by atoms with Crippen molar-refractivity contribution in [1.29, 1.82) is 0 Å². The fourth-order valence-corrected chi connectivity index (χ4v) is 3.44. The Balaban J connectivity index is 1.75. The van der Waals surface area contributed by atoms with Gasteiger partial charge < -0.3 is 15.4 Å². The molecule has 0 aliphatic carbocycles. The highest BCUT2D eigenvalue weighted by Gasteiger charge is 2.22. The molecule has 0 radical (unpaired) electrons. The number of nitrogens with zero attached hydrogens (tertiary/aromatic N) is 1. The zero-order valence-electron chi connectivity index (χ0n) is 14.4. The van der Waals surface area contributed by atoms with Crippen LogP contribution < -0.4 is 10.6 Å². The molecular weight excluding hydrogens is 326 g/mol. The van der Waals surface area contributed by atoms with Crippen molar-refractivity contribution in [1.82, 2.24) is 15.5 Å². The van der Waals surface area contributed by atoms with E-state index in [1.54, 1.807) is 6.07 Å². The molecule has 7 heteroatoms. The van der Waals surface area contributed by atoms with Gasteiger partial charge in [-0.15, -0.1) is 11.3 Å². The fourth-order valence-electron chi connectivity index (χ4n) is 2.80. The second kappa shape index (κ2) is 9.76. The molecule has 2 rings (SSSR count). The molecule has 1 aromatic rings. The van der Waals surface area contributed by atoms with Crippen molar-refractivity contribution >= 4 is 23.2 Å².